The lowest BCUT2D eigenvalue weighted by Gasteiger charge is -2.32. The topological polar surface area (TPSA) is 64.4 Å². The lowest BCUT2D eigenvalue weighted by Crippen LogP contribution is -2.43. The van der Waals surface area contributed by atoms with Gasteiger partial charge in [0.1, 0.15) is 5.56 Å². The molecule has 1 aliphatic rings. The SMILES string of the molecule is CCOC(=O)c1cn(-c2ccsc2)nc1N(C(=O)[C@H]1CC[C@H](C)CC1)C(C)C. The standard InChI is InChI=1S/C21H29N3O3S/c1-5-27-21(26)18-12-23(17-10-11-28-13-17)22-19(18)24(14(2)3)20(25)16-8-6-15(4)7-9-16/h10-16H,5-9H2,1-4H3/t15-,16-. The van der Waals surface area contributed by atoms with Crippen molar-refractivity contribution in [2.45, 2.75) is 59.4 Å². The van der Waals surface area contributed by atoms with Crippen LogP contribution in [0.5, 0.6) is 0 Å². The fraction of sp³-hybridized carbons (Fsp3) is 0.571. The Hall–Kier alpha value is -2.15. The van der Waals surface area contributed by atoms with Gasteiger partial charge in [-0.1, -0.05) is 6.92 Å². The van der Waals surface area contributed by atoms with Crippen LogP contribution in [0.15, 0.2) is 23.0 Å². The molecule has 6 nitrogen and oxygen atoms in total. The molecule has 0 N–H and O–H groups in total. The zero-order chi connectivity index (χ0) is 20.3. The Kier molecular flexibility index (Phi) is 6.54. The second-order valence-electron chi connectivity index (χ2n) is 7.77. The lowest BCUT2D eigenvalue weighted by atomic mass is 9.82. The van der Waals surface area contributed by atoms with E-state index in [0.29, 0.717) is 17.3 Å². The molecule has 1 amide bonds. The summed E-state index contributed by atoms with van der Waals surface area (Å²) in [6, 6.07) is 1.83. The van der Waals surface area contributed by atoms with Gasteiger partial charge in [-0.3, -0.25) is 9.69 Å². The van der Waals surface area contributed by atoms with E-state index < -0.39 is 5.97 Å². The third-order valence-corrected chi connectivity index (χ3v) is 5.98. The van der Waals surface area contributed by atoms with Crippen molar-refractivity contribution in [3.05, 3.63) is 28.6 Å². The van der Waals surface area contributed by atoms with Crippen LogP contribution in [-0.2, 0) is 9.53 Å². The maximum absolute atomic E-state index is 13.4. The molecule has 0 aliphatic heterocycles. The first kappa shape index (κ1) is 20.6. The Balaban J connectivity index is 1.99. The number of rotatable bonds is 6. The van der Waals surface area contributed by atoms with Crippen LogP contribution in [0.2, 0.25) is 0 Å². The molecule has 152 valence electrons. The molecule has 1 fully saturated rings. The summed E-state index contributed by atoms with van der Waals surface area (Å²) in [6.45, 7) is 8.21. The zero-order valence-corrected chi connectivity index (χ0v) is 17.9. The Morgan fingerprint density at radius 1 is 1.32 bits per heavy atom. The molecule has 0 unspecified atom stereocenters. The van der Waals surface area contributed by atoms with E-state index in [-0.39, 0.29) is 24.5 Å². The molecule has 1 aliphatic carbocycles. The van der Waals surface area contributed by atoms with Crippen LogP contribution in [0, 0.1) is 11.8 Å². The van der Waals surface area contributed by atoms with Crippen molar-refractivity contribution in [1.29, 1.82) is 0 Å². The van der Waals surface area contributed by atoms with Crippen LogP contribution >= 0.6 is 11.3 Å². The van der Waals surface area contributed by atoms with E-state index in [9.17, 15) is 9.59 Å². The molecule has 0 atom stereocenters. The molecule has 3 rings (SSSR count). The largest absolute Gasteiger partial charge is 0.462 e. The van der Waals surface area contributed by atoms with E-state index in [1.165, 1.54) is 0 Å². The predicted molar refractivity (Wildman–Crippen MR) is 111 cm³/mol. The van der Waals surface area contributed by atoms with Crippen LogP contribution in [0.1, 0.15) is 63.7 Å². The number of carbonyl (C=O) groups excluding carboxylic acids is 2. The summed E-state index contributed by atoms with van der Waals surface area (Å²) < 4.78 is 6.90. The average Bonchev–Trinajstić information content (AvgIpc) is 3.32. The predicted octanol–water partition coefficient (Wildman–Crippen LogP) is 4.68. The van der Waals surface area contributed by atoms with Crippen molar-refractivity contribution in [1.82, 2.24) is 9.78 Å². The van der Waals surface area contributed by atoms with Crippen LogP contribution in [0.4, 0.5) is 5.82 Å². The van der Waals surface area contributed by atoms with E-state index in [1.807, 2.05) is 30.7 Å². The number of hydrogen-bond donors (Lipinski definition) is 0. The highest BCUT2D eigenvalue weighted by atomic mass is 32.1. The molecule has 0 bridgehead atoms. The van der Waals surface area contributed by atoms with E-state index in [1.54, 1.807) is 34.0 Å². The number of amides is 1. The minimum Gasteiger partial charge on any atom is -0.462 e. The van der Waals surface area contributed by atoms with Gasteiger partial charge in [0.25, 0.3) is 0 Å². The van der Waals surface area contributed by atoms with E-state index >= 15 is 0 Å². The summed E-state index contributed by atoms with van der Waals surface area (Å²) in [5, 5.41) is 8.54. The normalized spacial score (nSPS) is 19.6. The zero-order valence-electron chi connectivity index (χ0n) is 17.1. The highest BCUT2D eigenvalue weighted by Crippen LogP contribution is 2.33. The first-order chi connectivity index (χ1) is 13.4. The van der Waals surface area contributed by atoms with Crippen LogP contribution in [0.3, 0.4) is 0 Å². The van der Waals surface area contributed by atoms with Crippen LogP contribution < -0.4 is 4.90 Å². The monoisotopic (exact) mass is 403 g/mol. The summed E-state index contributed by atoms with van der Waals surface area (Å²) in [6.07, 6.45) is 5.58. The second kappa shape index (κ2) is 8.90. The van der Waals surface area contributed by atoms with Gasteiger partial charge in [0.15, 0.2) is 5.82 Å². The smallest absolute Gasteiger partial charge is 0.343 e. The maximum atomic E-state index is 13.4. The number of hydrogen-bond acceptors (Lipinski definition) is 5. The van der Waals surface area contributed by atoms with Crippen molar-refractivity contribution in [3.63, 3.8) is 0 Å². The summed E-state index contributed by atoms with van der Waals surface area (Å²) in [5.74, 6) is 0.658. The van der Waals surface area contributed by atoms with Crippen molar-refractivity contribution >= 4 is 29.0 Å². The van der Waals surface area contributed by atoms with Crippen LogP contribution in [0.25, 0.3) is 5.69 Å². The van der Waals surface area contributed by atoms with E-state index in [2.05, 4.69) is 12.0 Å². The fourth-order valence-electron chi connectivity index (χ4n) is 3.72. The van der Waals surface area contributed by atoms with Crippen LogP contribution in [-0.4, -0.2) is 34.3 Å². The molecule has 7 heteroatoms. The minimum absolute atomic E-state index is 0.0139. The number of esters is 1. The molecule has 0 aromatic carbocycles. The highest BCUT2D eigenvalue weighted by Gasteiger charge is 2.34. The first-order valence-corrected chi connectivity index (χ1v) is 11.0. The lowest BCUT2D eigenvalue weighted by molar-refractivity contribution is -0.123. The molecule has 0 spiro atoms. The molecule has 2 aromatic heterocycles. The first-order valence-electron chi connectivity index (χ1n) is 10.0. The van der Waals surface area contributed by atoms with E-state index in [4.69, 9.17) is 4.74 Å². The van der Waals surface area contributed by atoms with Gasteiger partial charge < -0.3 is 4.74 Å². The Morgan fingerprint density at radius 2 is 2.04 bits per heavy atom. The molecular formula is C21H29N3O3S. The Morgan fingerprint density at radius 3 is 2.61 bits per heavy atom. The quantitative estimate of drug-likeness (QED) is 0.657. The van der Waals surface area contributed by atoms with Crippen molar-refractivity contribution in [3.8, 4) is 5.69 Å². The summed E-state index contributed by atoms with van der Waals surface area (Å²) in [4.78, 5) is 27.7. The number of thiophene rings is 1. The van der Waals surface area contributed by atoms with Gasteiger partial charge in [-0.15, -0.1) is 5.10 Å². The molecular weight excluding hydrogens is 374 g/mol. The molecule has 2 aromatic rings. The van der Waals surface area contributed by atoms with Crippen molar-refractivity contribution < 1.29 is 14.3 Å². The Bertz CT molecular complexity index is 805. The average molecular weight is 404 g/mol. The summed E-state index contributed by atoms with van der Waals surface area (Å²) >= 11 is 1.55. The number of carbonyl (C=O) groups is 2. The van der Waals surface area contributed by atoms with Crippen molar-refractivity contribution in [2.75, 3.05) is 11.5 Å². The number of anilines is 1. The maximum Gasteiger partial charge on any atom is 0.343 e. The highest BCUT2D eigenvalue weighted by molar-refractivity contribution is 7.08. The van der Waals surface area contributed by atoms with Gasteiger partial charge in [-0.25, -0.2) is 9.48 Å². The minimum atomic E-state index is -0.449. The van der Waals surface area contributed by atoms with Gasteiger partial charge in [-0.05, 0) is 63.8 Å². The van der Waals surface area contributed by atoms with Gasteiger partial charge in [0.2, 0.25) is 5.91 Å². The molecule has 0 radical (unpaired) electrons. The summed E-state index contributed by atoms with van der Waals surface area (Å²) in [7, 11) is 0. The Labute approximate surface area is 170 Å². The molecule has 0 saturated heterocycles. The summed E-state index contributed by atoms with van der Waals surface area (Å²) in [5.41, 5.74) is 1.20. The number of aromatic nitrogens is 2. The van der Waals surface area contributed by atoms with Crippen molar-refractivity contribution in [2.24, 2.45) is 11.8 Å². The van der Waals surface area contributed by atoms with Gasteiger partial charge >= 0.3 is 5.97 Å². The van der Waals surface area contributed by atoms with E-state index in [0.717, 1.165) is 31.4 Å². The molecule has 28 heavy (non-hydrogen) atoms. The third-order valence-electron chi connectivity index (χ3n) is 5.31. The number of ether oxygens (including phenoxy) is 1. The van der Waals surface area contributed by atoms with Gasteiger partial charge in [-0.2, -0.15) is 11.3 Å². The van der Waals surface area contributed by atoms with Gasteiger partial charge in [0, 0.05) is 23.5 Å². The second-order valence-corrected chi connectivity index (χ2v) is 8.55. The third kappa shape index (κ3) is 4.29. The molecule has 2 heterocycles. The fourth-order valence-corrected chi connectivity index (χ4v) is 4.35. The van der Waals surface area contributed by atoms with Gasteiger partial charge in [0.05, 0.1) is 12.3 Å². The molecule has 1 saturated carbocycles. The number of nitrogens with zero attached hydrogens (tertiary/aromatic N) is 3.